The van der Waals surface area contributed by atoms with E-state index in [1.54, 1.807) is 11.3 Å². The van der Waals surface area contributed by atoms with Gasteiger partial charge >= 0.3 is 0 Å². The molecular formula is C10H17NOS. The molecule has 1 atom stereocenters. The molecule has 13 heavy (non-hydrogen) atoms. The highest BCUT2D eigenvalue weighted by Crippen LogP contribution is 2.26. The van der Waals surface area contributed by atoms with Crippen LogP contribution in [0.25, 0.3) is 0 Å². The minimum atomic E-state index is -0.573. The lowest BCUT2D eigenvalue weighted by Crippen LogP contribution is -2.35. The van der Waals surface area contributed by atoms with Crippen molar-refractivity contribution >= 4 is 11.3 Å². The van der Waals surface area contributed by atoms with Gasteiger partial charge in [0.15, 0.2) is 0 Å². The van der Waals surface area contributed by atoms with Crippen molar-refractivity contribution < 1.29 is 5.11 Å². The molecule has 1 aromatic heterocycles. The van der Waals surface area contributed by atoms with Crippen LogP contribution in [0.3, 0.4) is 0 Å². The van der Waals surface area contributed by atoms with Crippen molar-refractivity contribution in [2.75, 3.05) is 6.61 Å². The van der Waals surface area contributed by atoms with Crippen LogP contribution in [0.2, 0.25) is 0 Å². The second-order valence-corrected chi connectivity index (χ2v) is 4.76. The van der Waals surface area contributed by atoms with Crippen LogP contribution in [0.1, 0.15) is 30.0 Å². The van der Waals surface area contributed by atoms with Gasteiger partial charge in [0, 0.05) is 9.75 Å². The average molecular weight is 199 g/mol. The molecular weight excluding hydrogens is 182 g/mol. The average Bonchev–Trinajstić information content (AvgIpc) is 2.54. The van der Waals surface area contributed by atoms with E-state index in [9.17, 15) is 0 Å². The Bertz CT molecular complexity index is 268. The smallest absolute Gasteiger partial charge is 0.0709 e. The van der Waals surface area contributed by atoms with Crippen molar-refractivity contribution in [1.29, 1.82) is 0 Å². The van der Waals surface area contributed by atoms with E-state index in [-0.39, 0.29) is 6.61 Å². The fourth-order valence-electron chi connectivity index (χ4n) is 1.14. The molecule has 1 unspecified atom stereocenters. The van der Waals surface area contributed by atoms with Crippen LogP contribution in [-0.2, 0) is 12.0 Å². The van der Waals surface area contributed by atoms with Crippen molar-refractivity contribution in [3.63, 3.8) is 0 Å². The first-order chi connectivity index (χ1) is 6.10. The van der Waals surface area contributed by atoms with E-state index >= 15 is 0 Å². The van der Waals surface area contributed by atoms with Gasteiger partial charge in [-0.05, 0) is 25.5 Å². The SMILES string of the molecule is CCCc1ccc(C(C)(N)CO)s1. The van der Waals surface area contributed by atoms with Crippen molar-refractivity contribution in [2.24, 2.45) is 5.73 Å². The van der Waals surface area contributed by atoms with Gasteiger partial charge in [-0.3, -0.25) is 0 Å². The molecule has 2 nitrogen and oxygen atoms in total. The first-order valence-electron chi connectivity index (χ1n) is 4.59. The van der Waals surface area contributed by atoms with Crippen LogP contribution in [-0.4, -0.2) is 11.7 Å². The predicted octanol–water partition coefficient (Wildman–Crippen LogP) is 1.87. The fourth-order valence-corrected chi connectivity index (χ4v) is 2.30. The van der Waals surface area contributed by atoms with E-state index < -0.39 is 5.54 Å². The number of hydrogen-bond donors (Lipinski definition) is 2. The summed E-state index contributed by atoms with van der Waals surface area (Å²) in [6.45, 7) is 4.01. The number of aliphatic hydroxyl groups excluding tert-OH is 1. The Morgan fingerprint density at radius 2 is 2.23 bits per heavy atom. The second-order valence-electron chi connectivity index (χ2n) is 3.59. The summed E-state index contributed by atoms with van der Waals surface area (Å²) in [6.07, 6.45) is 2.26. The largest absolute Gasteiger partial charge is 0.394 e. The van der Waals surface area contributed by atoms with Gasteiger partial charge in [0.1, 0.15) is 0 Å². The van der Waals surface area contributed by atoms with Crippen molar-refractivity contribution in [1.82, 2.24) is 0 Å². The Morgan fingerprint density at radius 3 is 2.77 bits per heavy atom. The molecule has 1 heterocycles. The third-order valence-electron chi connectivity index (χ3n) is 2.05. The molecule has 0 radical (unpaired) electrons. The van der Waals surface area contributed by atoms with Crippen LogP contribution in [0.4, 0.5) is 0 Å². The van der Waals surface area contributed by atoms with Crippen molar-refractivity contribution in [3.8, 4) is 0 Å². The Kier molecular flexibility index (Phi) is 3.47. The van der Waals surface area contributed by atoms with Gasteiger partial charge < -0.3 is 10.8 Å². The molecule has 1 rings (SSSR count). The van der Waals surface area contributed by atoms with Gasteiger partial charge in [0.05, 0.1) is 12.1 Å². The van der Waals surface area contributed by atoms with Crippen LogP contribution in [0.15, 0.2) is 12.1 Å². The minimum absolute atomic E-state index is 0.000914. The predicted molar refractivity (Wildman–Crippen MR) is 56.9 cm³/mol. The zero-order valence-electron chi connectivity index (χ0n) is 8.21. The Hall–Kier alpha value is -0.380. The van der Waals surface area contributed by atoms with E-state index in [2.05, 4.69) is 13.0 Å². The molecule has 0 fully saturated rings. The normalized spacial score (nSPS) is 15.7. The highest BCUT2D eigenvalue weighted by Gasteiger charge is 2.21. The third-order valence-corrected chi connectivity index (χ3v) is 3.47. The molecule has 0 aliphatic heterocycles. The van der Waals surface area contributed by atoms with E-state index in [0.717, 1.165) is 17.7 Å². The standard InChI is InChI=1S/C10H17NOS/c1-3-4-8-5-6-9(13-8)10(2,11)7-12/h5-6,12H,3-4,7,11H2,1-2H3. The van der Waals surface area contributed by atoms with E-state index in [1.807, 2.05) is 13.0 Å². The number of nitrogens with two attached hydrogens (primary N) is 1. The molecule has 1 aromatic rings. The Labute approximate surface area is 83.4 Å². The van der Waals surface area contributed by atoms with Crippen LogP contribution >= 0.6 is 11.3 Å². The number of aryl methyl sites for hydroxylation is 1. The summed E-state index contributed by atoms with van der Waals surface area (Å²) < 4.78 is 0. The Balaban J connectivity index is 2.79. The van der Waals surface area contributed by atoms with Crippen LogP contribution in [0.5, 0.6) is 0 Å². The highest BCUT2D eigenvalue weighted by atomic mass is 32.1. The number of hydrogen-bond acceptors (Lipinski definition) is 3. The first-order valence-corrected chi connectivity index (χ1v) is 5.40. The van der Waals surface area contributed by atoms with E-state index in [0.29, 0.717) is 0 Å². The monoisotopic (exact) mass is 199 g/mol. The summed E-state index contributed by atoms with van der Waals surface area (Å²) in [7, 11) is 0. The zero-order valence-corrected chi connectivity index (χ0v) is 9.03. The Morgan fingerprint density at radius 1 is 1.54 bits per heavy atom. The second kappa shape index (κ2) is 4.22. The number of rotatable bonds is 4. The quantitative estimate of drug-likeness (QED) is 0.777. The number of aliphatic hydroxyl groups is 1. The molecule has 74 valence electrons. The summed E-state index contributed by atoms with van der Waals surface area (Å²) in [5.41, 5.74) is 5.33. The van der Waals surface area contributed by atoms with Gasteiger partial charge in [-0.1, -0.05) is 13.3 Å². The van der Waals surface area contributed by atoms with Crippen molar-refractivity contribution in [3.05, 3.63) is 21.9 Å². The van der Waals surface area contributed by atoms with Crippen LogP contribution < -0.4 is 5.73 Å². The molecule has 3 N–H and O–H groups in total. The van der Waals surface area contributed by atoms with E-state index in [1.165, 1.54) is 4.88 Å². The summed E-state index contributed by atoms with van der Waals surface area (Å²) in [5.74, 6) is 0. The molecule has 0 aliphatic rings. The first kappa shape index (κ1) is 10.7. The maximum Gasteiger partial charge on any atom is 0.0709 e. The fraction of sp³-hybridized carbons (Fsp3) is 0.600. The van der Waals surface area contributed by atoms with Gasteiger partial charge in [-0.25, -0.2) is 0 Å². The van der Waals surface area contributed by atoms with Gasteiger partial charge in [-0.15, -0.1) is 11.3 Å². The minimum Gasteiger partial charge on any atom is -0.394 e. The summed E-state index contributed by atoms with van der Waals surface area (Å²) >= 11 is 1.70. The molecule has 0 amide bonds. The molecule has 0 saturated carbocycles. The topological polar surface area (TPSA) is 46.2 Å². The zero-order chi connectivity index (χ0) is 9.90. The lowest BCUT2D eigenvalue weighted by Gasteiger charge is -2.19. The van der Waals surface area contributed by atoms with Gasteiger partial charge in [0.2, 0.25) is 0 Å². The van der Waals surface area contributed by atoms with Gasteiger partial charge in [0.25, 0.3) is 0 Å². The van der Waals surface area contributed by atoms with Gasteiger partial charge in [-0.2, -0.15) is 0 Å². The number of thiophene rings is 1. The lowest BCUT2D eigenvalue weighted by atomic mass is 10.0. The summed E-state index contributed by atoms with van der Waals surface area (Å²) in [4.78, 5) is 2.42. The molecule has 0 spiro atoms. The third kappa shape index (κ3) is 2.53. The molecule has 0 saturated heterocycles. The summed E-state index contributed by atoms with van der Waals surface area (Å²) in [6, 6.07) is 4.12. The highest BCUT2D eigenvalue weighted by molar-refractivity contribution is 7.12. The van der Waals surface area contributed by atoms with E-state index in [4.69, 9.17) is 10.8 Å². The maximum absolute atomic E-state index is 9.07. The summed E-state index contributed by atoms with van der Waals surface area (Å²) in [5, 5.41) is 9.07. The maximum atomic E-state index is 9.07. The van der Waals surface area contributed by atoms with Crippen molar-refractivity contribution in [2.45, 2.75) is 32.2 Å². The molecule has 0 bridgehead atoms. The molecule has 0 aliphatic carbocycles. The lowest BCUT2D eigenvalue weighted by molar-refractivity contribution is 0.212. The molecule has 3 heteroatoms. The van der Waals surface area contributed by atoms with Crippen LogP contribution in [0, 0.1) is 0 Å². The molecule has 0 aromatic carbocycles.